The largest absolute Gasteiger partial charge is 0.493 e. The zero-order chi connectivity index (χ0) is 16.3. The lowest BCUT2D eigenvalue weighted by molar-refractivity contribution is 0.353. The van der Waals surface area contributed by atoms with Crippen LogP contribution < -0.4 is 9.47 Å². The van der Waals surface area contributed by atoms with Crippen molar-refractivity contribution < 1.29 is 13.9 Å². The Kier molecular flexibility index (Phi) is 5.08. The van der Waals surface area contributed by atoms with Crippen LogP contribution in [-0.4, -0.2) is 20.4 Å². The molecule has 1 aromatic heterocycles. The summed E-state index contributed by atoms with van der Waals surface area (Å²) in [6.45, 7) is 3.66. The van der Waals surface area contributed by atoms with Crippen LogP contribution in [-0.2, 0) is 0 Å². The number of nitriles is 1. The van der Waals surface area contributed by atoms with Crippen molar-refractivity contribution in [1.82, 2.24) is 0 Å². The molecule has 2 aromatic rings. The molecule has 0 unspecified atom stereocenters. The Morgan fingerprint density at radius 1 is 1.27 bits per heavy atom. The molecule has 0 fully saturated rings. The third-order valence-electron chi connectivity index (χ3n) is 3.27. The van der Waals surface area contributed by atoms with Crippen LogP contribution in [0, 0.1) is 28.7 Å². The summed E-state index contributed by atoms with van der Waals surface area (Å²) in [6.07, 6.45) is 1.64. The fourth-order valence-electron chi connectivity index (χ4n) is 1.98. The topological polar surface area (TPSA) is 67.8 Å². The minimum absolute atomic E-state index is 0.322. The highest BCUT2D eigenvalue weighted by atomic mass is 127. The minimum atomic E-state index is 0.322. The zero-order valence-corrected chi connectivity index (χ0v) is 14.9. The Morgan fingerprint density at radius 2 is 2.00 bits per heavy atom. The van der Waals surface area contributed by atoms with Gasteiger partial charge in [-0.05, 0) is 54.1 Å². The zero-order valence-electron chi connectivity index (χ0n) is 12.7. The van der Waals surface area contributed by atoms with E-state index in [4.69, 9.17) is 13.9 Å². The summed E-state index contributed by atoms with van der Waals surface area (Å²) in [5.74, 6) is 2.33. The quantitative estimate of drug-likeness (QED) is 0.561. The second-order valence-corrected chi connectivity index (χ2v) is 5.73. The van der Waals surface area contributed by atoms with Crippen LogP contribution in [0.15, 0.2) is 21.5 Å². The van der Waals surface area contributed by atoms with E-state index >= 15 is 0 Å². The molecule has 0 bridgehead atoms. The van der Waals surface area contributed by atoms with Crippen molar-refractivity contribution in [3.63, 3.8) is 0 Å². The molecule has 22 heavy (non-hydrogen) atoms. The van der Waals surface area contributed by atoms with Crippen LogP contribution in [0.4, 0.5) is 5.88 Å². The van der Waals surface area contributed by atoms with E-state index in [1.54, 1.807) is 20.4 Å². The van der Waals surface area contributed by atoms with Gasteiger partial charge in [0.05, 0.1) is 17.8 Å². The summed E-state index contributed by atoms with van der Waals surface area (Å²) in [5.41, 5.74) is 2.11. The lowest BCUT2D eigenvalue weighted by Gasteiger charge is -2.10. The number of hydrogen-bond donors (Lipinski definition) is 0. The predicted octanol–water partition coefficient (Wildman–Crippen LogP) is 4.14. The summed E-state index contributed by atoms with van der Waals surface area (Å²) in [5, 5.41) is 9.18. The number of hydrogen-bond acceptors (Lipinski definition) is 5. The Balaban J connectivity index is 2.41. The summed E-state index contributed by atoms with van der Waals surface area (Å²) < 4.78 is 17.0. The van der Waals surface area contributed by atoms with Gasteiger partial charge in [0.15, 0.2) is 11.5 Å². The first-order chi connectivity index (χ1) is 10.5. The van der Waals surface area contributed by atoms with Gasteiger partial charge in [-0.3, -0.25) is 0 Å². The second kappa shape index (κ2) is 6.83. The smallest absolute Gasteiger partial charge is 0.237 e. The van der Waals surface area contributed by atoms with Crippen molar-refractivity contribution in [3.8, 4) is 17.6 Å². The number of halogens is 1. The highest BCUT2D eigenvalue weighted by Crippen LogP contribution is 2.33. The molecule has 0 aliphatic carbocycles. The Hall–Kier alpha value is -2.01. The van der Waals surface area contributed by atoms with Crippen molar-refractivity contribution in [2.75, 3.05) is 14.2 Å². The summed E-state index contributed by atoms with van der Waals surface area (Å²) in [7, 11) is 3.18. The molecule has 1 heterocycles. The molecular formula is C16H15IN2O3. The van der Waals surface area contributed by atoms with Crippen LogP contribution >= 0.6 is 22.6 Å². The average Bonchev–Trinajstić information content (AvgIpc) is 2.78. The van der Waals surface area contributed by atoms with Gasteiger partial charge in [0, 0.05) is 11.8 Å². The summed E-state index contributed by atoms with van der Waals surface area (Å²) >= 11 is 2.17. The molecule has 0 radical (unpaired) electrons. The molecular weight excluding hydrogens is 395 g/mol. The highest BCUT2D eigenvalue weighted by molar-refractivity contribution is 14.1. The van der Waals surface area contributed by atoms with Crippen molar-refractivity contribution in [1.29, 1.82) is 5.26 Å². The van der Waals surface area contributed by atoms with Crippen LogP contribution in [0.1, 0.15) is 22.5 Å². The van der Waals surface area contributed by atoms with Gasteiger partial charge in [0.25, 0.3) is 0 Å². The van der Waals surface area contributed by atoms with E-state index in [-0.39, 0.29) is 0 Å². The lowest BCUT2D eigenvalue weighted by atomic mass is 10.2. The predicted molar refractivity (Wildman–Crippen MR) is 92.4 cm³/mol. The average molecular weight is 410 g/mol. The maximum Gasteiger partial charge on any atom is 0.237 e. The van der Waals surface area contributed by atoms with E-state index < -0.39 is 0 Å². The number of nitrogens with zero attached hydrogens (tertiary/aromatic N) is 2. The van der Waals surface area contributed by atoms with Gasteiger partial charge in [-0.1, -0.05) is 0 Å². The highest BCUT2D eigenvalue weighted by Gasteiger charge is 2.13. The molecule has 0 aliphatic heterocycles. The van der Waals surface area contributed by atoms with Gasteiger partial charge in [-0.25, -0.2) is 4.99 Å². The molecule has 0 saturated heterocycles. The van der Waals surface area contributed by atoms with Crippen molar-refractivity contribution in [3.05, 3.63) is 38.2 Å². The van der Waals surface area contributed by atoms with Crippen LogP contribution in [0.25, 0.3) is 0 Å². The van der Waals surface area contributed by atoms with Crippen molar-refractivity contribution >= 4 is 34.7 Å². The van der Waals surface area contributed by atoms with E-state index in [1.807, 2.05) is 26.0 Å². The number of benzene rings is 1. The number of ether oxygens (including phenoxy) is 2. The van der Waals surface area contributed by atoms with Crippen molar-refractivity contribution in [2.24, 2.45) is 4.99 Å². The third-order valence-corrected chi connectivity index (χ3v) is 4.07. The van der Waals surface area contributed by atoms with E-state index in [9.17, 15) is 5.26 Å². The normalized spacial score (nSPS) is 10.7. The molecule has 6 heteroatoms. The Labute approximate surface area is 142 Å². The van der Waals surface area contributed by atoms with Crippen molar-refractivity contribution in [2.45, 2.75) is 13.8 Å². The SMILES string of the molecule is COc1cc(C=Nc2oc(C)c(C)c2C#N)cc(I)c1OC. The minimum Gasteiger partial charge on any atom is -0.493 e. The van der Waals surface area contributed by atoms with Gasteiger partial charge < -0.3 is 13.9 Å². The molecule has 0 aliphatic rings. The Bertz CT molecular complexity index is 773. The van der Waals surface area contributed by atoms with Crippen LogP contribution in [0.5, 0.6) is 11.5 Å². The third kappa shape index (κ3) is 3.09. The van der Waals surface area contributed by atoms with Gasteiger partial charge in [-0.15, -0.1) is 0 Å². The van der Waals surface area contributed by atoms with Gasteiger partial charge in [0.2, 0.25) is 5.88 Å². The molecule has 0 atom stereocenters. The molecule has 114 valence electrons. The molecule has 1 aromatic carbocycles. The molecule has 0 spiro atoms. The number of methoxy groups -OCH3 is 2. The molecule has 2 rings (SSSR count). The van der Waals surface area contributed by atoms with E-state index in [0.29, 0.717) is 28.7 Å². The first-order valence-electron chi connectivity index (χ1n) is 6.47. The lowest BCUT2D eigenvalue weighted by Crippen LogP contribution is -1.95. The van der Waals surface area contributed by atoms with E-state index in [0.717, 1.165) is 14.7 Å². The maximum absolute atomic E-state index is 9.18. The first kappa shape index (κ1) is 16.4. The molecule has 5 nitrogen and oxygen atoms in total. The second-order valence-electron chi connectivity index (χ2n) is 4.57. The standard InChI is InChI=1S/C16H15IN2O3/c1-9-10(2)22-16(12(9)7-18)19-8-11-5-13(17)15(21-4)14(6-11)20-3/h5-6,8H,1-4H3. The number of furan rings is 1. The van der Waals surface area contributed by atoms with Crippen LogP contribution in [0.3, 0.4) is 0 Å². The van der Waals surface area contributed by atoms with E-state index in [1.165, 1.54) is 0 Å². The first-order valence-corrected chi connectivity index (χ1v) is 7.55. The number of aliphatic imine (C=N–C) groups is 1. The Morgan fingerprint density at radius 3 is 2.59 bits per heavy atom. The van der Waals surface area contributed by atoms with Crippen LogP contribution in [0.2, 0.25) is 0 Å². The van der Waals surface area contributed by atoms with E-state index in [2.05, 4.69) is 33.7 Å². The number of aryl methyl sites for hydroxylation is 1. The molecule has 0 N–H and O–H groups in total. The fourth-order valence-corrected chi connectivity index (χ4v) is 2.82. The fraction of sp³-hybridized carbons (Fsp3) is 0.250. The summed E-state index contributed by atoms with van der Waals surface area (Å²) in [4.78, 5) is 4.29. The van der Waals surface area contributed by atoms with Gasteiger partial charge in [-0.2, -0.15) is 5.26 Å². The molecule has 0 saturated carbocycles. The summed E-state index contributed by atoms with van der Waals surface area (Å²) in [6, 6.07) is 5.85. The maximum atomic E-state index is 9.18. The molecule has 0 amide bonds. The number of rotatable bonds is 4. The monoisotopic (exact) mass is 410 g/mol. The van der Waals surface area contributed by atoms with Gasteiger partial charge >= 0.3 is 0 Å². The van der Waals surface area contributed by atoms with Gasteiger partial charge in [0.1, 0.15) is 17.4 Å².